The molecule has 1 aromatic heterocycles. The number of hydrogen-bond donors (Lipinski definition) is 0. The van der Waals surface area contributed by atoms with Crippen LogP contribution in [-0.4, -0.2) is 21.6 Å². The SMILES string of the molecule is Cc1nn(-c2ccccc2)c(Cl)c1/C=C1\N=C(c2ccccc2Cl)OC1=O. The number of nitrogens with zero attached hydrogens (tertiary/aromatic N) is 3. The first-order chi connectivity index (χ1) is 13.0. The third-order valence-electron chi connectivity index (χ3n) is 4.05. The highest BCUT2D eigenvalue weighted by molar-refractivity contribution is 6.34. The van der Waals surface area contributed by atoms with Crippen LogP contribution in [0.2, 0.25) is 10.2 Å². The number of halogens is 2. The lowest BCUT2D eigenvalue weighted by Gasteiger charge is -2.01. The zero-order valence-electron chi connectivity index (χ0n) is 14.2. The number of rotatable bonds is 3. The second-order valence-corrected chi connectivity index (χ2v) is 6.62. The number of para-hydroxylation sites is 1. The van der Waals surface area contributed by atoms with Crippen LogP contribution >= 0.6 is 23.2 Å². The summed E-state index contributed by atoms with van der Waals surface area (Å²) in [5.41, 5.74) is 2.80. The average molecular weight is 398 g/mol. The molecule has 27 heavy (non-hydrogen) atoms. The molecule has 7 heteroatoms. The zero-order chi connectivity index (χ0) is 19.0. The first-order valence-corrected chi connectivity index (χ1v) is 8.88. The maximum atomic E-state index is 12.3. The summed E-state index contributed by atoms with van der Waals surface area (Å²) in [5.74, 6) is -0.395. The number of aryl methyl sites for hydroxylation is 1. The third kappa shape index (κ3) is 3.27. The Labute approximate surface area is 165 Å². The predicted octanol–water partition coefficient (Wildman–Crippen LogP) is 4.83. The van der Waals surface area contributed by atoms with Crippen molar-refractivity contribution in [1.82, 2.24) is 9.78 Å². The van der Waals surface area contributed by atoms with Gasteiger partial charge in [0.1, 0.15) is 5.15 Å². The number of ether oxygens (including phenoxy) is 1. The molecule has 2 aromatic carbocycles. The second-order valence-electron chi connectivity index (χ2n) is 5.85. The maximum Gasteiger partial charge on any atom is 0.363 e. The van der Waals surface area contributed by atoms with E-state index in [9.17, 15) is 4.79 Å². The van der Waals surface area contributed by atoms with Gasteiger partial charge in [-0.3, -0.25) is 0 Å². The largest absolute Gasteiger partial charge is 0.402 e. The lowest BCUT2D eigenvalue weighted by atomic mass is 10.2. The van der Waals surface area contributed by atoms with Crippen molar-refractivity contribution in [2.24, 2.45) is 4.99 Å². The van der Waals surface area contributed by atoms with Crippen molar-refractivity contribution in [3.05, 3.63) is 87.3 Å². The molecule has 0 atom stereocenters. The van der Waals surface area contributed by atoms with E-state index in [4.69, 9.17) is 27.9 Å². The molecule has 0 N–H and O–H groups in total. The molecule has 0 fully saturated rings. The molecule has 4 rings (SSSR count). The fraction of sp³-hybridized carbons (Fsp3) is 0.0500. The molecule has 5 nitrogen and oxygen atoms in total. The summed E-state index contributed by atoms with van der Waals surface area (Å²) in [6.45, 7) is 1.82. The van der Waals surface area contributed by atoms with E-state index < -0.39 is 5.97 Å². The number of esters is 1. The Morgan fingerprint density at radius 2 is 1.74 bits per heavy atom. The first kappa shape index (κ1) is 17.5. The Bertz CT molecular complexity index is 1100. The van der Waals surface area contributed by atoms with Gasteiger partial charge in [-0.05, 0) is 37.3 Å². The molecule has 3 aromatic rings. The number of benzene rings is 2. The summed E-state index contributed by atoms with van der Waals surface area (Å²) in [7, 11) is 0. The molecule has 1 aliphatic rings. The summed E-state index contributed by atoms with van der Waals surface area (Å²) in [6, 6.07) is 16.5. The van der Waals surface area contributed by atoms with Gasteiger partial charge in [-0.25, -0.2) is 14.5 Å². The minimum Gasteiger partial charge on any atom is -0.402 e. The minimum absolute atomic E-state index is 0.141. The fourth-order valence-corrected chi connectivity index (χ4v) is 3.25. The molecule has 0 saturated carbocycles. The van der Waals surface area contributed by atoms with Gasteiger partial charge in [-0.2, -0.15) is 5.10 Å². The lowest BCUT2D eigenvalue weighted by Crippen LogP contribution is -2.05. The Morgan fingerprint density at radius 3 is 2.48 bits per heavy atom. The summed E-state index contributed by atoms with van der Waals surface area (Å²) in [6.07, 6.45) is 1.58. The van der Waals surface area contributed by atoms with E-state index in [1.807, 2.05) is 37.3 Å². The highest BCUT2D eigenvalue weighted by Gasteiger charge is 2.26. The van der Waals surface area contributed by atoms with Crippen molar-refractivity contribution in [2.75, 3.05) is 0 Å². The summed E-state index contributed by atoms with van der Waals surface area (Å²) >= 11 is 12.7. The first-order valence-electron chi connectivity index (χ1n) is 8.12. The van der Waals surface area contributed by atoms with Gasteiger partial charge in [0.2, 0.25) is 5.90 Å². The van der Waals surface area contributed by atoms with E-state index in [0.717, 1.165) is 5.69 Å². The quantitative estimate of drug-likeness (QED) is 0.469. The van der Waals surface area contributed by atoms with Gasteiger partial charge in [0.15, 0.2) is 5.70 Å². The summed E-state index contributed by atoms with van der Waals surface area (Å²) in [4.78, 5) is 16.5. The van der Waals surface area contributed by atoms with Gasteiger partial charge in [0.05, 0.1) is 22.0 Å². The van der Waals surface area contributed by atoms with Crippen molar-refractivity contribution < 1.29 is 9.53 Å². The molecule has 0 saturated heterocycles. The van der Waals surface area contributed by atoms with Gasteiger partial charge in [0.25, 0.3) is 0 Å². The molecule has 1 aliphatic heterocycles. The molecular formula is C20H13Cl2N3O2. The molecule has 134 valence electrons. The van der Waals surface area contributed by atoms with Crippen LogP contribution in [0.4, 0.5) is 0 Å². The van der Waals surface area contributed by atoms with Crippen LogP contribution in [0.1, 0.15) is 16.8 Å². The highest BCUT2D eigenvalue weighted by Crippen LogP contribution is 2.28. The van der Waals surface area contributed by atoms with Gasteiger partial charge in [-0.15, -0.1) is 0 Å². The van der Waals surface area contributed by atoms with Gasteiger partial charge in [0, 0.05) is 5.56 Å². The predicted molar refractivity (Wildman–Crippen MR) is 105 cm³/mol. The smallest absolute Gasteiger partial charge is 0.363 e. The second kappa shape index (κ2) is 7.02. The number of cyclic esters (lactones) is 1. The van der Waals surface area contributed by atoms with Crippen LogP contribution in [0.5, 0.6) is 0 Å². The topological polar surface area (TPSA) is 56.5 Å². The molecule has 0 aliphatic carbocycles. The Morgan fingerprint density at radius 1 is 1.04 bits per heavy atom. The van der Waals surface area contributed by atoms with Crippen LogP contribution in [0.3, 0.4) is 0 Å². The standard InChI is InChI=1S/C20H13Cl2N3O2/c1-12-15(18(22)25(24-12)13-7-3-2-4-8-13)11-17-20(26)27-19(23-17)14-9-5-6-10-16(14)21/h2-11H,1H3/b17-11-. The molecule has 0 unspecified atom stereocenters. The van der Waals surface area contributed by atoms with Gasteiger partial charge < -0.3 is 4.74 Å². The zero-order valence-corrected chi connectivity index (χ0v) is 15.7. The van der Waals surface area contributed by atoms with Crippen LogP contribution in [0.15, 0.2) is 65.3 Å². The van der Waals surface area contributed by atoms with E-state index in [1.165, 1.54) is 0 Å². The molecule has 0 amide bonds. The van der Waals surface area contributed by atoms with Crippen LogP contribution < -0.4 is 0 Å². The summed E-state index contributed by atoms with van der Waals surface area (Å²) in [5, 5.41) is 5.30. The normalized spacial score (nSPS) is 15.1. The fourth-order valence-electron chi connectivity index (χ4n) is 2.71. The number of carbonyl (C=O) groups is 1. The Balaban J connectivity index is 1.75. The average Bonchev–Trinajstić information content (AvgIpc) is 3.17. The van der Waals surface area contributed by atoms with Crippen molar-refractivity contribution in [3.63, 3.8) is 0 Å². The summed E-state index contributed by atoms with van der Waals surface area (Å²) < 4.78 is 6.89. The van der Waals surface area contributed by atoms with Crippen LogP contribution in [0.25, 0.3) is 11.8 Å². The third-order valence-corrected chi connectivity index (χ3v) is 4.75. The van der Waals surface area contributed by atoms with Crippen molar-refractivity contribution in [2.45, 2.75) is 6.92 Å². The van der Waals surface area contributed by atoms with Gasteiger partial charge >= 0.3 is 5.97 Å². The maximum absolute atomic E-state index is 12.3. The molecular weight excluding hydrogens is 385 g/mol. The van der Waals surface area contributed by atoms with Crippen LogP contribution in [-0.2, 0) is 9.53 Å². The van der Waals surface area contributed by atoms with Crippen molar-refractivity contribution >= 4 is 41.1 Å². The molecule has 0 bridgehead atoms. The molecule has 2 heterocycles. The van der Waals surface area contributed by atoms with E-state index in [2.05, 4.69) is 10.1 Å². The van der Waals surface area contributed by atoms with Crippen LogP contribution in [0, 0.1) is 6.92 Å². The molecule has 0 spiro atoms. The Hall–Kier alpha value is -2.89. The van der Waals surface area contributed by atoms with Gasteiger partial charge in [-0.1, -0.05) is 53.5 Å². The number of carbonyl (C=O) groups excluding carboxylic acids is 1. The molecule has 0 radical (unpaired) electrons. The lowest BCUT2D eigenvalue weighted by molar-refractivity contribution is -0.129. The van der Waals surface area contributed by atoms with E-state index in [-0.39, 0.29) is 11.6 Å². The number of aliphatic imine (C=N–C) groups is 1. The van der Waals surface area contributed by atoms with Crippen molar-refractivity contribution in [1.29, 1.82) is 0 Å². The Kier molecular flexibility index (Phi) is 4.56. The monoisotopic (exact) mass is 397 g/mol. The highest BCUT2D eigenvalue weighted by atomic mass is 35.5. The number of hydrogen-bond acceptors (Lipinski definition) is 4. The van der Waals surface area contributed by atoms with Crippen molar-refractivity contribution in [3.8, 4) is 5.69 Å². The van der Waals surface area contributed by atoms with E-state index in [1.54, 1.807) is 35.0 Å². The number of aromatic nitrogens is 2. The minimum atomic E-state index is -0.562. The van der Waals surface area contributed by atoms with E-state index >= 15 is 0 Å². The van der Waals surface area contributed by atoms with E-state index in [0.29, 0.717) is 27.0 Å².